The Hall–Kier alpha value is -4.44. The third kappa shape index (κ3) is 4.39. The molecule has 0 N–H and O–H groups in total. The fraction of sp³-hybridized carbons (Fsp3) is 0.0526. The molecule has 0 saturated carbocycles. The van der Waals surface area contributed by atoms with Crippen molar-refractivity contribution in [1.82, 2.24) is 4.57 Å². The molecule has 8 rings (SSSR count). The Morgan fingerprint density at radius 2 is 1.05 bits per heavy atom. The minimum Gasteiger partial charge on any atom is -0.313 e. The van der Waals surface area contributed by atoms with Crippen LogP contribution in [0.5, 0.6) is 0 Å². The minimum atomic E-state index is 1.06. The van der Waals surface area contributed by atoms with Gasteiger partial charge in [-0.25, -0.2) is 0 Å². The summed E-state index contributed by atoms with van der Waals surface area (Å²) in [4.78, 5) is 5.22. The van der Waals surface area contributed by atoms with Crippen molar-refractivity contribution in [2.75, 3.05) is 0 Å². The Labute approximate surface area is 248 Å². The van der Waals surface area contributed by atoms with E-state index in [0.717, 1.165) is 12.8 Å². The van der Waals surface area contributed by atoms with Crippen molar-refractivity contribution in [2.45, 2.75) is 12.8 Å². The highest BCUT2D eigenvalue weighted by Gasteiger charge is 2.19. The second kappa shape index (κ2) is 10.2. The van der Waals surface area contributed by atoms with Crippen LogP contribution in [0.15, 0.2) is 133 Å². The van der Waals surface area contributed by atoms with E-state index in [-0.39, 0.29) is 0 Å². The van der Waals surface area contributed by atoms with Crippen molar-refractivity contribution in [3.05, 3.63) is 145 Å². The largest absolute Gasteiger partial charge is 0.313 e. The molecule has 196 valence electrons. The predicted octanol–water partition coefficient (Wildman–Crippen LogP) is 11.4. The van der Waals surface area contributed by atoms with Gasteiger partial charge in [0.25, 0.3) is 0 Å². The van der Waals surface area contributed by atoms with Crippen LogP contribution in [0.2, 0.25) is 0 Å². The van der Waals surface area contributed by atoms with Gasteiger partial charge in [-0.1, -0.05) is 91.0 Å². The summed E-state index contributed by atoms with van der Waals surface area (Å²) < 4.78 is 2.48. The van der Waals surface area contributed by atoms with E-state index >= 15 is 0 Å². The Morgan fingerprint density at radius 3 is 1.66 bits per heavy atom. The highest BCUT2D eigenvalue weighted by Crippen LogP contribution is 2.40. The summed E-state index contributed by atoms with van der Waals surface area (Å²) >= 11 is 3.72. The lowest BCUT2D eigenvalue weighted by Gasteiger charge is -2.13. The summed E-state index contributed by atoms with van der Waals surface area (Å²) in [5.41, 5.74) is 10.4. The number of allylic oxidation sites excluding steroid dienone is 1. The summed E-state index contributed by atoms with van der Waals surface area (Å²) in [6.07, 6.45) is 6.79. The first-order valence-corrected chi connectivity index (χ1v) is 15.7. The fourth-order valence-corrected chi connectivity index (χ4v) is 7.97. The molecule has 3 heteroatoms. The van der Waals surface area contributed by atoms with Gasteiger partial charge >= 0.3 is 0 Å². The molecule has 7 aromatic rings. The molecule has 0 amide bonds. The normalized spacial score (nSPS) is 12.6. The molecule has 0 aliphatic heterocycles. The predicted molar refractivity (Wildman–Crippen MR) is 178 cm³/mol. The number of fused-ring (bicyclic) bond motifs is 3. The number of rotatable bonds is 5. The molecule has 1 aliphatic carbocycles. The first-order chi connectivity index (χ1) is 20.3. The second-order valence-electron chi connectivity index (χ2n) is 10.5. The summed E-state index contributed by atoms with van der Waals surface area (Å²) in [6, 6.07) is 46.4. The Kier molecular flexibility index (Phi) is 6.06. The zero-order valence-electron chi connectivity index (χ0n) is 22.5. The molecule has 0 atom stereocenters. The van der Waals surface area contributed by atoms with Crippen molar-refractivity contribution in [1.29, 1.82) is 0 Å². The van der Waals surface area contributed by atoms with Gasteiger partial charge in [0.2, 0.25) is 0 Å². The van der Waals surface area contributed by atoms with Crippen LogP contribution < -0.4 is 0 Å². The van der Waals surface area contributed by atoms with Gasteiger partial charge in [-0.05, 0) is 83.6 Å². The SMILES string of the molecule is C1=Cc2c(n(-c3ccc(-c4ccc(-c5ccccc5)s4)cc3)c3ccc(-c4ccc(-c5ccccc5)s4)cc23)CC1. The number of nitrogens with zero attached hydrogens (tertiary/aromatic N) is 1. The minimum absolute atomic E-state index is 1.06. The van der Waals surface area contributed by atoms with Crippen molar-refractivity contribution in [3.63, 3.8) is 0 Å². The lowest BCUT2D eigenvalue weighted by atomic mass is 10.0. The van der Waals surface area contributed by atoms with Crippen molar-refractivity contribution in [3.8, 4) is 47.4 Å². The van der Waals surface area contributed by atoms with Crippen LogP contribution in [-0.4, -0.2) is 4.57 Å². The van der Waals surface area contributed by atoms with Crippen LogP contribution in [0, 0.1) is 0 Å². The summed E-state index contributed by atoms with van der Waals surface area (Å²) in [5, 5.41) is 1.33. The maximum Gasteiger partial charge on any atom is 0.0538 e. The quantitative estimate of drug-likeness (QED) is 0.197. The third-order valence-corrected chi connectivity index (χ3v) is 10.3. The van der Waals surface area contributed by atoms with E-state index in [1.807, 2.05) is 22.7 Å². The van der Waals surface area contributed by atoms with Crippen molar-refractivity contribution >= 4 is 39.7 Å². The smallest absolute Gasteiger partial charge is 0.0538 e. The van der Waals surface area contributed by atoms with Gasteiger partial charge < -0.3 is 4.57 Å². The van der Waals surface area contributed by atoms with Gasteiger partial charge in [-0.2, -0.15) is 0 Å². The third-order valence-electron chi connectivity index (χ3n) is 7.96. The van der Waals surface area contributed by atoms with E-state index in [0.29, 0.717) is 0 Å². The van der Waals surface area contributed by atoms with E-state index in [4.69, 9.17) is 0 Å². The molecule has 0 saturated heterocycles. The molecule has 0 spiro atoms. The van der Waals surface area contributed by atoms with E-state index in [2.05, 4.69) is 144 Å². The standard InChI is InChI=1S/C38H27NS2/c1-3-9-26(10-4-1)35-21-22-37(40-35)28-15-18-30(19-16-28)39-33-14-8-7-13-31(33)32-25-29(17-20-34(32)39)38-24-23-36(41-38)27-11-5-2-6-12-27/h1-7,9-13,15-25H,8,14H2. The summed E-state index contributed by atoms with van der Waals surface area (Å²) in [7, 11) is 0. The van der Waals surface area contributed by atoms with E-state index < -0.39 is 0 Å². The average molecular weight is 562 g/mol. The van der Waals surface area contributed by atoms with E-state index in [1.165, 1.54) is 69.6 Å². The molecule has 0 unspecified atom stereocenters. The lowest BCUT2D eigenvalue weighted by Crippen LogP contribution is -2.02. The van der Waals surface area contributed by atoms with Gasteiger partial charge in [0.1, 0.15) is 0 Å². The van der Waals surface area contributed by atoms with Crippen LogP contribution >= 0.6 is 22.7 Å². The van der Waals surface area contributed by atoms with Crippen molar-refractivity contribution < 1.29 is 0 Å². The number of thiophene rings is 2. The number of hydrogen-bond donors (Lipinski definition) is 0. The van der Waals surface area contributed by atoms with Gasteiger partial charge in [0, 0.05) is 41.8 Å². The van der Waals surface area contributed by atoms with Gasteiger partial charge in [-0.15, -0.1) is 22.7 Å². The molecule has 1 aliphatic rings. The molecule has 41 heavy (non-hydrogen) atoms. The molecule has 4 aromatic carbocycles. The molecule has 3 aromatic heterocycles. The molecule has 0 bridgehead atoms. The summed E-state index contributed by atoms with van der Waals surface area (Å²) in [5.74, 6) is 0. The zero-order valence-corrected chi connectivity index (χ0v) is 24.1. The molecular formula is C38H27NS2. The molecule has 3 heterocycles. The monoisotopic (exact) mass is 561 g/mol. The summed E-state index contributed by atoms with van der Waals surface area (Å²) in [6.45, 7) is 0. The maximum atomic E-state index is 2.48. The van der Waals surface area contributed by atoms with Crippen LogP contribution in [-0.2, 0) is 6.42 Å². The van der Waals surface area contributed by atoms with Crippen LogP contribution in [0.1, 0.15) is 17.7 Å². The van der Waals surface area contributed by atoms with Crippen LogP contribution in [0.4, 0.5) is 0 Å². The average Bonchev–Trinajstić information content (AvgIpc) is 3.80. The molecule has 0 radical (unpaired) electrons. The maximum absolute atomic E-state index is 2.48. The van der Waals surface area contributed by atoms with E-state index in [9.17, 15) is 0 Å². The van der Waals surface area contributed by atoms with E-state index in [1.54, 1.807) is 0 Å². The zero-order chi connectivity index (χ0) is 27.2. The van der Waals surface area contributed by atoms with Gasteiger partial charge in [0.15, 0.2) is 0 Å². The fourth-order valence-electron chi connectivity index (χ4n) is 5.95. The second-order valence-corrected chi connectivity index (χ2v) is 12.6. The van der Waals surface area contributed by atoms with Gasteiger partial charge in [0.05, 0.1) is 5.52 Å². The van der Waals surface area contributed by atoms with Gasteiger partial charge in [-0.3, -0.25) is 0 Å². The Morgan fingerprint density at radius 1 is 0.512 bits per heavy atom. The van der Waals surface area contributed by atoms with Crippen molar-refractivity contribution in [2.24, 2.45) is 0 Å². The number of aromatic nitrogens is 1. The topological polar surface area (TPSA) is 4.93 Å². The molecular weight excluding hydrogens is 535 g/mol. The highest BCUT2D eigenvalue weighted by atomic mass is 32.1. The number of benzene rings is 4. The lowest BCUT2D eigenvalue weighted by molar-refractivity contribution is 0.888. The van der Waals surface area contributed by atoms with Crippen LogP contribution in [0.25, 0.3) is 64.4 Å². The number of hydrogen-bond acceptors (Lipinski definition) is 2. The first kappa shape index (κ1) is 24.4. The highest BCUT2D eigenvalue weighted by molar-refractivity contribution is 7.19. The van der Waals surface area contributed by atoms with Crippen LogP contribution in [0.3, 0.4) is 0 Å². The molecule has 0 fully saturated rings. The molecule has 1 nitrogen and oxygen atoms in total. The first-order valence-electron chi connectivity index (χ1n) is 14.1. The Bertz CT molecular complexity index is 2020. The Balaban J connectivity index is 1.16.